The first-order valence-corrected chi connectivity index (χ1v) is 7.28. The predicted molar refractivity (Wildman–Crippen MR) is 82.4 cm³/mol. The summed E-state index contributed by atoms with van der Waals surface area (Å²) in [4.78, 5) is 13.7. The number of hydrogen-bond acceptors (Lipinski definition) is 3. The zero-order valence-electron chi connectivity index (χ0n) is 13.0. The van der Waals surface area contributed by atoms with Gasteiger partial charge in [0.2, 0.25) is 0 Å². The first kappa shape index (κ1) is 15.4. The molecule has 0 spiro atoms. The first-order chi connectivity index (χ1) is 9.94. The van der Waals surface area contributed by atoms with Crippen LogP contribution in [0.4, 0.5) is 4.79 Å². The molecule has 1 aliphatic heterocycles. The number of carbonyl (C=O) groups is 1. The predicted octanol–water partition coefficient (Wildman–Crippen LogP) is 3.63. The molecule has 1 aromatic rings. The number of amides is 1. The summed E-state index contributed by atoms with van der Waals surface area (Å²) in [6.45, 7) is 7.48. The van der Waals surface area contributed by atoms with Crippen LogP contribution in [0.25, 0.3) is 0 Å². The third-order valence-corrected chi connectivity index (χ3v) is 3.12. The Hall–Kier alpha value is -1.97. The molecule has 0 unspecified atom stereocenters. The van der Waals surface area contributed by atoms with Gasteiger partial charge in [-0.25, -0.2) is 4.79 Å². The van der Waals surface area contributed by atoms with Crippen molar-refractivity contribution in [1.29, 1.82) is 0 Å². The van der Waals surface area contributed by atoms with Crippen LogP contribution < -0.4 is 4.74 Å². The van der Waals surface area contributed by atoms with E-state index in [0.29, 0.717) is 19.7 Å². The topological polar surface area (TPSA) is 38.8 Å². The number of ether oxygens (including phenoxy) is 2. The standard InChI is InChI=1S/C17H23NO3/c1-17(2,3)21-16(19)18-11-9-14(10-12-18)13-20-15-7-5-4-6-8-15/h4-9H,10-13H2,1-3H3. The molecule has 114 valence electrons. The summed E-state index contributed by atoms with van der Waals surface area (Å²) in [6.07, 6.45) is 2.63. The van der Waals surface area contributed by atoms with Crippen LogP contribution in [0.1, 0.15) is 27.2 Å². The van der Waals surface area contributed by atoms with E-state index in [1.165, 1.54) is 5.57 Å². The molecule has 1 aliphatic rings. The van der Waals surface area contributed by atoms with Crippen molar-refractivity contribution in [3.63, 3.8) is 0 Å². The largest absolute Gasteiger partial charge is 0.489 e. The smallest absolute Gasteiger partial charge is 0.410 e. The third-order valence-electron chi connectivity index (χ3n) is 3.12. The zero-order valence-corrected chi connectivity index (χ0v) is 13.0. The molecule has 0 bridgehead atoms. The summed E-state index contributed by atoms with van der Waals surface area (Å²) in [7, 11) is 0. The Morgan fingerprint density at radius 1 is 1.24 bits per heavy atom. The highest BCUT2D eigenvalue weighted by molar-refractivity contribution is 5.68. The van der Waals surface area contributed by atoms with Crippen molar-refractivity contribution < 1.29 is 14.3 Å². The molecule has 0 N–H and O–H groups in total. The second-order valence-corrected chi connectivity index (χ2v) is 6.14. The fourth-order valence-electron chi connectivity index (χ4n) is 2.03. The number of para-hydroxylation sites is 1. The molecule has 0 aromatic heterocycles. The van der Waals surface area contributed by atoms with Gasteiger partial charge in [-0.05, 0) is 44.9 Å². The average Bonchev–Trinajstić information content (AvgIpc) is 2.45. The molecule has 21 heavy (non-hydrogen) atoms. The number of benzene rings is 1. The van der Waals surface area contributed by atoms with Crippen molar-refractivity contribution in [2.45, 2.75) is 32.8 Å². The van der Waals surface area contributed by atoms with Crippen molar-refractivity contribution >= 4 is 6.09 Å². The van der Waals surface area contributed by atoms with Crippen molar-refractivity contribution in [2.24, 2.45) is 0 Å². The maximum absolute atomic E-state index is 11.9. The normalized spacial score (nSPS) is 15.4. The van der Waals surface area contributed by atoms with Crippen LogP contribution in [-0.2, 0) is 4.74 Å². The Morgan fingerprint density at radius 3 is 2.52 bits per heavy atom. The molecule has 1 aromatic carbocycles. The Labute approximate surface area is 126 Å². The van der Waals surface area contributed by atoms with Crippen molar-refractivity contribution in [3.05, 3.63) is 42.0 Å². The second kappa shape index (κ2) is 6.66. The van der Waals surface area contributed by atoms with Gasteiger partial charge in [0, 0.05) is 13.1 Å². The van der Waals surface area contributed by atoms with E-state index >= 15 is 0 Å². The first-order valence-electron chi connectivity index (χ1n) is 7.28. The Bertz CT molecular complexity index is 503. The lowest BCUT2D eigenvalue weighted by molar-refractivity contribution is 0.0264. The van der Waals surface area contributed by atoms with Gasteiger partial charge < -0.3 is 14.4 Å². The minimum atomic E-state index is -0.447. The van der Waals surface area contributed by atoms with Gasteiger partial charge in [-0.15, -0.1) is 0 Å². The number of nitrogens with zero attached hydrogens (tertiary/aromatic N) is 1. The minimum Gasteiger partial charge on any atom is -0.489 e. The van der Waals surface area contributed by atoms with Crippen molar-refractivity contribution in [1.82, 2.24) is 4.90 Å². The molecule has 0 saturated carbocycles. The summed E-state index contributed by atoms with van der Waals surface area (Å²) in [5, 5.41) is 0. The quantitative estimate of drug-likeness (QED) is 0.798. The van der Waals surface area contributed by atoms with Gasteiger partial charge in [-0.3, -0.25) is 0 Å². The van der Waals surface area contributed by atoms with E-state index in [1.54, 1.807) is 4.90 Å². The monoisotopic (exact) mass is 289 g/mol. The van der Waals surface area contributed by atoms with E-state index in [2.05, 4.69) is 6.08 Å². The average molecular weight is 289 g/mol. The zero-order chi connectivity index (χ0) is 15.3. The van der Waals surface area contributed by atoms with Crippen molar-refractivity contribution in [3.8, 4) is 5.75 Å². The molecule has 4 heteroatoms. The van der Waals surface area contributed by atoms with Crippen LogP contribution in [0.3, 0.4) is 0 Å². The highest BCUT2D eigenvalue weighted by Crippen LogP contribution is 2.17. The van der Waals surface area contributed by atoms with Crippen LogP contribution in [0.5, 0.6) is 5.75 Å². The molecule has 0 saturated heterocycles. The minimum absolute atomic E-state index is 0.248. The molecule has 1 heterocycles. The summed E-state index contributed by atoms with van der Waals surface area (Å²) in [6, 6.07) is 9.75. The number of hydrogen-bond donors (Lipinski definition) is 0. The molecule has 0 fully saturated rings. The lowest BCUT2D eigenvalue weighted by Crippen LogP contribution is -2.39. The fraction of sp³-hybridized carbons (Fsp3) is 0.471. The lowest BCUT2D eigenvalue weighted by atomic mass is 10.1. The summed E-state index contributed by atoms with van der Waals surface area (Å²) >= 11 is 0. The molecule has 2 rings (SSSR count). The highest BCUT2D eigenvalue weighted by Gasteiger charge is 2.23. The molecule has 1 amide bonds. The van der Waals surface area contributed by atoms with E-state index in [-0.39, 0.29) is 6.09 Å². The van der Waals surface area contributed by atoms with Crippen LogP contribution >= 0.6 is 0 Å². The van der Waals surface area contributed by atoms with E-state index < -0.39 is 5.60 Å². The van der Waals surface area contributed by atoms with E-state index in [1.807, 2.05) is 51.1 Å². The van der Waals surface area contributed by atoms with Gasteiger partial charge in [0.15, 0.2) is 0 Å². The molecular weight excluding hydrogens is 266 g/mol. The second-order valence-electron chi connectivity index (χ2n) is 6.14. The van der Waals surface area contributed by atoms with Gasteiger partial charge >= 0.3 is 6.09 Å². The number of rotatable bonds is 3. The Kier molecular flexibility index (Phi) is 4.89. The van der Waals surface area contributed by atoms with Crippen LogP contribution in [0.2, 0.25) is 0 Å². The van der Waals surface area contributed by atoms with Crippen LogP contribution in [0, 0.1) is 0 Å². The van der Waals surface area contributed by atoms with E-state index in [4.69, 9.17) is 9.47 Å². The van der Waals surface area contributed by atoms with Gasteiger partial charge in [-0.2, -0.15) is 0 Å². The molecule has 4 nitrogen and oxygen atoms in total. The van der Waals surface area contributed by atoms with Gasteiger partial charge in [0.1, 0.15) is 18.0 Å². The maximum Gasteiger partial charge on any atom is 0.410 e. The molecular formula is C17H23NO3. The summed E-state index contributed by atoms with van der Waals surface area (Å²) < 4.78 is 11.1. The lowest BCUT2D eigenvalue weighted by Gasteiger charge is -2.29. The van der Waals surface area contributed by atoms with Crippen LogP contribution in [0.15, 0.2) is 42.0 Å². The fourth-order valence-corrected chi connectivity index (χ4v) is 2.03. The Balaban J connectivity index is 1.81. The Morgan fingerprint density at radius 2 is 1.95 bits per heavy atom. The maximum atomic E-state index is 11.9. The van der Waals surface area contributed by atoms with Gasteiger partial charge in [0.05, 0.1) is 0 Å². The van der Waals surface area contributed by atoms with Crippen LogP contribution in [-0.4, -0.2) is 36.3 Å². The highest BCUT2D eigenvalue weighted by atomic mass is 16.6. The summed E-state index contributed by atoms with van der Waals surface area (Å²) in [5.74, 6) is 0.868. The van der Waals surface area contributed by atoms with E-state index in [9.17, 15) is 4.79 Å². The van der Waals surface area contributed by atoms with Gasteiger partial charge in [0.25, 0.3) is 0 Å². The van der Waals surface area contributed by atoms with Crippen molar-refractivity contribution in [2.75, 3.05) is 19.7 Å². The van der Waals surface area contributed by atoms with E-state index in [0.717, 1.165) is 12.2 Å². The molecule has 0 radical (unpaired) electrons. The SMILES string of the molecule is CC(C)(C)OC(=O)N1CC=C(COc2ccccc2)CC1. The molecule has 0 atom stereocenters. The number of carbonyl (C=O) groups excluding carboxylic acids is 1. The summed E-state index contributed by atoms with van der Waals surface area (Å²) in [5.41, 5.74) is 0.774. The molecule has 0 aliphatic carbocycles. The third kappa shape index (κ3) is 5.14. The van der Waals surface area contributed by atoms with Gasteiger partial charge in [-0.1, -0.05) is 24.3 Å².